The molecule has 0 atom stereocenters. The summed E-state index contributed by atoms with van der Waals surface area (Å²) in [6.07, 6.45) is 6.12. The van der Waals surface area contributed by atoms with Gasteiger partial charge >= 0.3 is 5.97 Å². The van der Waals surface area contributed by atoms with Crippen LogP contribution in [0.3, 0.4) is 0 Å². The maximum absolute atomic E-state index is 15.0. The van der Waals surface area contributed by atoms with Gasteiger partial charge in [-0.15, -0.1) is 0 Å². The minimum Gasteiger partial charge on any atom is -0.494 e. The van der Waals surface area contributed by atoms with Crippen molar-refractivity contribution < 1.29 is 32.9 Å². The Morgan fingerprint density at radius 3 is 1.83 bits per heavy atom. The van der Waals surface area contributed by atoms with Crippen molar-refractivity contribution >= 4 is 5.97 Å². The van der Waals surface area contributed by atoms with Crippen LogP contribution in [0.5, 0.6) is 11.5 Å². The van der Waals surface area contributed by atoms with Crippen molar-refractivity contribution in [2.24, 2.45) is 0 Å². The normalized spacial score (nSPS) is 11.0. The average Bonchev–Trinajstić information content (AvgIpc) is 3.01. The van der Waals surface area contributed by atoms with Crippen molar-refractivity contribution in [3.63, 3.8) is 0 Å². The Hall–Kier alpha value is -3.42. The monoisotopic (exact) mass is 580 g/mol. The Morgan fingerprint density at radius 1 is 0.595 bits per heavy atom. The zero-order valence-electron chi connectivity index (χ0n) is 25.3. The first-order chi connectivity index (χ1) is 20.5. The van der Waals surface area contributed by atoms with Crippen LogP contribution in [0.4, 0.5) is 4.39 Å². The summed E-state index contributed by atoms with van der Waals surface area (Å²) in [7, 11) is 0. The second kappa shape index (κ2) is 18.9. The summed E-state index contributed by atoms with van der Waals surface area (Å²) in [6.45, 7) is 9.47. The van der Waals surface area contributed by atoms with Crippen molar-refractivity contribution in [2.45, 2.75) is 59.3 Å². The average molecular weight is 581 g/mol. The van der Waals surface area contributed by atoms with Gasteiger partial charge in [-0.25, -0.2) is 9.18 Å². The van der Waals surface area contributed by atoms with Crippen molar-refractivity contribution in [3.05, 3.63) is 72.0 Å². The highest BCUT2D eigenvalue weighted by Gasteiger charge is 2.14. The van der Waals surface area contributed by atoms with Gasteiger partial charge in [0.05, 0.1) is 25.4 Å². The number of hydrogen-bond donors (Lipinski definition) is 0. The third-order valence-corrected chi connectivity index (χ3v) is 6.62. The van der Waals surface area contributed by atoms with Gasteiger partial charge in [-0.3, -0.25) is 0 Å². The number of unbranched alkanes of at least 4 members (excludes halogenated alkanes) is 3. The van der Waals surface area contributed by atoms with Crippen LogP contribution in [0, 0.1) is 5.82 Å². The highest BCUT2D eigenvalue weighted by molar-refractivity contribution is 5.93. The molecule has 0 bridgehead atoms. The third-order valence-electron chi connectivity index (χ3n) is 6.62. The molecular formula is C35H45FO6. The van der Waals surface area contributed by atoms with Gasteiger partial charge in [0.1, 0.15) is 19.0 Å². The van der Waals surface area contributed by atoms with E-state index in [1.807, 2.05) is 30.3 Å². The zero-order valence-corrected chi connectivity index (χ0v) is 25.3. The fourth-order valence-corrected chi connectivity index (χ4v) is 4.14. The van der Waals surface area contributed by atoms with Crippen molar-refractivity contribution in [1.82, 2.24) is 0 Å². The molecule has 0 spiro atoms. The maximum Gasteiger partial charge on any atom is 0.338 e. The molecule has 0 radical (unpaired) electrons. The molecule has 0 saturated carbocycles. The summed E-state index contributed by atoms with van der Waals surface area (Å²) in [5.41, 5.74) is 3.40. The number of benzene rings is 3. The van der Waals surface area contributed by atoms with E-state index >= 15 is 4.39 Å². The lowest BCUT2D eigenvalue weighted by Crippen LogP contribution is -2.11. The molecule has 0 aliphatic carbocycles. The van der Waals surface area contributed by atoms with Crippen molar-refractivity contribution in [1.29, 1.82) is 0 Å². The number of rotatable bonds is 20. The summed E-state index contributed by atoms with van der Waals surface area (Å²) in [6, 6.07) is 18.0. The largest absolute Gasteiger partial charge is 0.494 e. The topological polar surface area (TPSA) is 63.2 Å². The minimum atomic E-state index is -0.478. The van der Waals surface area contributed by atoms with E-state index in [4.69, 9.17) is 23.7 Å². The molecule has 0 aliphatic rings. The van der Waals surface area contributed by atoms with E-state index in [-0.39, 0.29) is 19.0 Å². The Balaban J connectivity index is 1.79. The molecule has 0 unspecified atom stereocenters. The second-order valence-electron chi connectivity index (χ2n) is 10.1. The summed E-state index contributed by atoms with van der Waals surface area (Å²) < 4.78 is 42.9. The van der Waals surface area contributed by atoms with E-state index < -0.39 is 11.8 Å². The fourth-order valence-electron chi connectivity index (χ4n) is 4.14. The number of esters is 1. The molecule has 0 aliphatic heterocycles. The smallest absolute Gasteiger partial charge is 0.338 e. The fraction of sp³-hybridized carbons (Fsp3) is 0.457. The molecule has 0 aromatic heterocycles. The number of ether oxygens (including phenoxy) is 5. The van der Waals surface area contributed by atoms with Gasteiger partial charge in [0.2, 0.25) is 0 Å². The van der Waals surface area contributed by atoms with E-state index in [9.17, 15) is 4.79 Å². The van der Waals surface area contributed by atoms with Gasteiger partial charge in [-0.2, -0.15) is 0 Å². The first kappa shape index (κ1) is 33.1. The van der Waals surface area contributed by atoms with Gasteiger partial charge in [0, 0.05) is 13.2 Å². The van der Waals surface area contributed by atoms with Crippen molar-refractivity contribution in [3.8, 4) is 33.8 Å². The standard InChI is InChI=1S/C35H45FO6/c1-4-7-16-38-19-21-41-34-15-12-28(26-33(34)36)30-23-29(27-10-13-32(14-11-27)40-18-9-6-3)24-31(25-30)35(37)42-22-20-39-17-8-5-2/h10-15,23-26H,4-9,16-22H2,1-3H3. The van der Waals surface area contributed by atoms with E-state index in [0.717, 1.165) is 55.4 Å². The van der Waals surface area contributed by atoms with E-state index in [1.165, 1.54) is 6.07 Å². The van der Waals surface area contributed by atoms with Gasteiger partial charge in [0.15, 0.2) is 11.6 Å². The molecule has 42 heavy (non-hydrogen) atoms. The molecule has 0 N–H and O–H groups in total. The lowest BCUT2D eigenvalue weighted by atomic mass is 9.96. The van der Waals surface area contributed by atoms with E-state index in [1.54, 1.807) is 24.3 Å². The van der Waals surface area contributed by atoms with E-state index in [0.29, 0.717) is 49.7 Å². The number of carbonyl (C=O) groups is 1. The molecular weight excluding hydrogens is 535 g/mol. The molecule has 3 rings (SSSR count). The van der Waals surface area contributed by atoms with Crippen LogP contribution in [0.25, 0.3) is 22.3 Å². The predicted molar refractivity (Wildman–Crippen MR) is 165 cm³/mol. The summed E-state index contributed by atoms with van der Waals surface area (Å²) in [5.74, 6) is 0.0171. The summed E-state index contributed by atoms with van der Waals surface area (Å²) >= 11 is 0. The lowest BCUT2D eigenvalue weighted by molar-refractivity contribution is 0.0314. The Labute approximate surface area is 250 Å². The van der Waals surface area contributed by atoms with Gasteiger partial charge in [-0.05, 0) is 84.0 Å². The maximum atomic E-state index is 15.0. The molecule has 0 fully saturated rings. The third kappa shape index (κ3) is 11.1. The van der Waals surface area contributed by atoms with Crippen LogP contribution < -0.4 is 9.47 Å². The lowest BCUT2D eigenvalue weighted by Gasteiger charge is -2.13. The van der Waals surface area contributed by atoms with Crippen LogP contribution >= 0.6 is 0 Å². The van der Waals surface area contributed by atoms with Gasteiger partial charge in [0.25, 0.3) is 0 Å². The molecule has 0 amide bonds. The zero-order chi connectivity index (χ0) is 30.0. The number of hydrogen-bond acceptors (Lipinski definition) is 6. The summed E-state index contributed by atoms with van der Waals surface area (Å²) in [5, 5.41) is 0. The molecule has 6 nitrogen and oxygen atoms in total. The first-order valence-electron chi connectivity index (χ1n) is 15.2. The second-order valence-corrected chi connectivity index (χ2v) is 10.1. The van der Waals surface area contributed by atoms with Crippen LogP contribution in [0.15, 0.2) is 60.7 Å². The molecule has 0 heterocycles. The quantitative estimate of drug-likeness (QED) is 0.0986. The number of halogens is 1. The predicted octanol–water partition coefficient (Wildman–Crippen LogP) is 8.51. The minimum absolute atomic E-state index is 0.161. The SMILES string of the molecule is CCCCOCCOC(=O)c1cc(-c2ccc(OCCCC)cc2)cc(-c2ccc(OCCOCCCC)c(F)c2)c1. The van der Waals surface area contributed by atoms with E-state index in [2.05, 4.69) is 20.8 Å². The van der Waals surface area contributed by atoms with Crippen molar-refractivity contribution in [2.75, 3.05) is 46.2 Å². The van der Waals surface area contributed by atoms with Crippen LogP contribution in [-0.4, -0.2) is 52.2 Å². The van der Waals surface area contributed by atoms with Crippen LogP contribution in [0.1, 0.15) is 69.7 Å². The molecule has 3 aromatic rings. The Morgan fingerprint density at radius 2 is 1.19 bits per heavy atom. The molecule has 0 saturated heterocycles. The molecule has 228 valence electrons. The summed E-state index contributed by atoms with van der Waals surface area (Å²) in [4.78, 5) is 13.0. The molecule has 3 aromatic carbocycles. The Kier molecular flexibility index (Phi) is 14.9. The first-order valence-corrected chi connectivity index (χ1v) is 15.2. The van der Waals surface area contributed by atoms with Gasteiger partial charge < -0.3 is 23.7 Å². The van der Waals surface area contributed by atoms with Crippen LogP contribution in [0.2, 0.25) is 0 Å². The van der Waals surface area contributed by atoms with Gasteiger partial charge in [-0.1, -0.05) is 58.2 Å². The highest BCUT2D eigenvalue weighted by Crippen LogP contribution is 2.32. The van der Waals surface area contributed by atoms with Crippen LogP contribution in [-0.2, 0) is 14.2 Å². The molecule has 7 heteroatoms. The highest BCUT2D eigenvalue weighted by atomic mass is 19.1. The Bertz CT molecular complexity index is 1210. The number of carbonyl (C=O) groups excluding carboxylic acids is 1.